The van der Waals surface area contributed by atoms with Crippen LogP contribution < -0.4 is 15.0 Å². The number of hydrogen-bond donors (Lipinski definition) is 1. The second-order valence-electron chi connectivity index (χ2n) is 5.74. The number of carbonyl (C=O) groups excluding carboxylic acids is 1. The minimum atomic E-state index is -3.30. The van der Waals surface area contributed by atoms with E-state index in [-0.39, 0.29) is 17.5 Å². The average Bonchev–Trinajstić information content (AvgIpc) is 2.65. The van der Waals surface area contributed by atoms with Crippen molar-refractivity contribution in [3.63, 3.8) is 0 Å². The Morgan fingerprint density at radius 3 is 2.40 bits per heavy atom. The van der Waals surface area contributed by atoms with Crippen LogP contribution in [0.1, 0.15) is 6.42 Å². The molecule has 1 aromatic carbocycles. The van der Waals surface area contributed by atoms with Crippen LogP contribution in [0.3, 0.4) is 0 Å². The van der Waals surface area contributed by atoms with Crippen molar-refractivity contribution in [3.8, 4) is 5.75 Å². The van der Waals surface area contributed by atoms with Gasteiger partial charge in [-0.25, -0.2) is 8.42 Å². The second kappa shape index (κ2) is 9.26. The number of amides is 1. The number of nitrogens with one attached hydrogen (secondary N) is 1. The zero-order valence-electron chi connectivity index (χ0n) is 14.3. The van der Waals surface area contributed by atoms with E-state index in [1.54, 1.807) is 7.11 Å². The number of alkyl halides is 1. The number of halogens is 1. The quantitative estimate of drug-likeness (QED) is 0.527. The summed E-state index contributed by atoms with van der Waals surface area (Å²) in [5.41, 5.74) is 1.06. The normalized spacial score (nSPS) is 15.8. The summed E-state index contributed by atoms with van der Waals surface area (Å²) in [6, 6.07) is 7.74. The predicted octanol–water partition coefficient (Wildman–Crippen LogP) is 0.892. The molecule has 1 amide bonds. The number of anilines is 1. The molecular formula is C16H24ClN3O4S. The lowest BCUT2D eigenvalue weighted by Gasteiger charge is -2.35. The first-order valence-corrected chi connectivity index (χ1v) is 10.3. The van der Waals surface area contributed by atoms with E-state index in [0.717, 1.165) is 11.4 Å². The summed E-state index contributed by atoms with van der Waals surface area (Å²) in [6.07, 6.45) is 0.379. The van der Waals surface area contributed by atoms with E-state index >= 15 is 0 Å². The summed E-state index contributed by atoms with van der Waals surface area (Å²) < 4.78 is 31.4. The lowest BCUT2D eigenvalue weighted by Crippen LogP contribution is -2.49. The largest absolute Gasteiger partial charge is 0.497 e. The van der Waals surface area contributed by atoms with Gasteiger partial charge >= 0.3 is 0 Å². The first kappa shape index (κ1) is 19.8. The van der Waals surface area contributed by atoms with Crippen molar-refractivity contribution < 1.29 is 17.9 Å². The second-order valence-corrected chi connectivity index (χ2v) is 8.09. The first-order valence-electron chi connectivity index (χ1n) is 8.16. The molecule has 7 nitrogen and oxygen atoms in total. The van der Waals surface area contributed by atoms with Gasteiger partial charge in [0.1, 0.15) is 11.6 Å². The molecule has 1 saturated heterocycles. The third-order valence-electron chi connectivity index (χ3n) is 4.09. The molecule has 0 radical (unpaired) electrons. The molecule has 0 bridgehead atoms. The van der Waals surface area contributed by atoms with Gasteiger partial charge in [0.15, 0.2) is 0 Å². The zero-order chi connectivity index (χ0) is 18.3. The third kappa shape index (κ3) is 5.76. The van der Waals surface area contributed by atoms with E-state index in [9.17, 15) is 13.2 Å². The van der Waals surface area contributed by atoms with Crippen molar-refractivity contribution in [2.45, 2.75) is 6.42 Å². The maximum absolute atomic E-state index is 12.4. The van der Waals surface area contributed by atoms with Crippen LogP contribution in [-0.4, -0.2) is 70.1 Å². The molecule has 140 valence electrons. The molecule has 9 heteroatoms. The highest BCUT2D eigenvalue weighted by atomic mass is 35.5. The van der Waals surface area contributed by atoms with E-state index in [0.29, 0.717) is 39.1 Å². The standard InChI is InChI=1S/C16H24ClN3O4S/c1-24-15-5-3-14(4-6-15)19-8-10-20(11-9-19)25(22,23)12-2-7-18-16(21)13-17/h3-6H,2,7-13H2,1H3,(H,18,21). The van der Waals surface area contributed by atoms with Crippen LogP contribution in [0.15, 0.2) is 24.3 Å². The SMILES string of the molecule is COc1ccc(N2CCN(S(=O)(=O)CCCNC(=O)CCl)CC2)cc1. The van der Waals surface area contributed by atoms with Gasteiger partial charge in [-0.3, -0.25) is 4.79 Å². The monoisotopic (exact) mass is 389 g/mol. The summed E-state index contributed by atoms with van der Waals surface area (Å²) in [5, 5.41) is 2.57. The van der Waals surface area contributed by atoms with Gasteiger partial charge in [0.2, 0.25) is 15.9 Å². The molecule has 0 atom stereocenters. The summed E-state index contributed by atoms with van der Waals surface area (Å²) in [7, 11) is -1.68. The Morgan fingerprint density at radius 1 is 1.20 bits per heavy atom. The third-order valence-corrected chi connectivity index (χ3v) is 6.29. The molecule has 1 aliphatic heterocycles. The summed E-state index contributed by atoms with van der Waals surface area (Å²) in [6.45, 7) is 2.53. The fraction of sp³-hybridized carbons (Fsp3) is 0.562. The van der Waals surface area contributed by atoms with E-state index in [1.165, 1.54) is 4.31 Å². The van der Waals surface area contributed by atoms with Gasteiger partial charge in [-0.2, -0.15) is 4.31 Å². The molecule has 0 saturated carbocycles. The molecule has 0 spiro atoms. The number of piperazine rings is 1. The number of nitrogens with zero attached hydrogens (tertiary/aromatic N) is 2. The highest BCUT2D eigenvalue weighted by molar-refractivity contribution is 7.89. The molecule has 0 aromatic heterocycles. The highest BCUT2D eigenvalue weighted by Crippen LogP contribution is 2.21. The van der Waals surface area contributed by atoms with Gasteiger partial charge in [-0.05, 0) is 30.7 Å². The Hall–Kier alpha value is -1.51. The Labute approximate surface area is 153 Å². The summed E-state index contributed by atoms with van der Waals surface area (Å²) in [5.74, 6) is 0.427. The van der Waals surface area contributed by atoms with Crippen LogP contribution in [-0.2, 0) is 14.8 Å². The van der Waals surface area contributed by atoms with E-state index in [4.69, 9.17) is 16.3 Å². The fourth-order valence-corrected chi connectivity index (χ4v) is 4.26. The van der Waals surface area contributed by atoms with Gasteiger partial charge in [-0.1, -0.05) is 0 Å². The smallest absolute Gasteiger partial charge is 0.234 e. The predicted molar refractivity (Wildman–Crippen MR) is 98.9 cm³/mol. The number of carbonyl (C=O) groups is 1. The Balaban J connectivity index is 1.80. The van der Waals surface area contributed by atoms with Crippen LogP contribution in [0.5, 0.6) is 5.75 Å². The van der Waals surface area contributed by atoms with Crippen molar-refractivity contribution in [2.75, 3.05) is 56.4 Å². The number of methoxy groups -OCH3 is 1. The van der Waals surface area contributed by atoms with Crippen LogP contribution >= 0.6 is 11.6 Å². The fourth-order valence-electron chi connectivity index (χ4n) is 2.68. The minimum Gasteiger partial charge on any atom is -0.497 e. The van der Waals surface area contributed by atoms with Gasteiger partial charge in [0.05, 0.1) is 12.9 Å². The van der Waals surface area contributed by atoms with Crippen molar-refractivity contribution in [3.05, 3.63) is 24.3 Å². The molecular weight excluding hydrogens is 366 g/mol. The van der Waals surface area contributed by atoms with Gasteiger partial charge in [0, 0.05) is 38.4 Å². The number of sulfonamides is 1. The molecule has 2 rings (SSSR count). The van der Waals surface area contributed by atoms with Gasteiger partial charge in [-0.15, -0.1) is 11.6 Å². The minimum absolute atomic E-state index is 0.0259. The van der Waals surface area contributed by atoms with Crippen LogP contribution in [0.2, 0.25) is 0 Å². The Morgan fingerprint density at radius 2 is 1.84 bits per heavy atom. The van der Waals surface area contributed by atoms with Crippen LogP contribution in [0.4, 0.5) is 5.69 Å². The lowest BCUT2D eigenvalue weighted by molar-refractivity contribution is -0.118. The molecule has 1 N–H and O–H groups in total. The Bertz CT molecular complexity index is 658. The number of rotatable bonds is 8. The number of hydrogen-bond acceptors (Lipinski definition) is 5. The molecule has 0 aliphatic carbocycles. The Kier molecular flexibility index (Phi) is 7.34. The van der Waals surface area contributed by atoms with Crippen molar-refractivity contribution in [1.82, 2.24) is 9.62 Å². The van der Waals surface area contributed by atoms with Crippen LogP contribution in [0, 0.1) is 0 Å². The maximum Gasteiger partial charge on any atom is 0.234 e. The van der Waals surface area contributed by atoms with Crippen molar-refractivity contribution in [2.24, 2.45) is 0 Å². The average molecular weight is 390 g/mol. The van der Waals surface area contributed by atoms with E-state index in [1.807, 2.05) is 24.3 Å². The van der Waals surface area contributed by atoms with Gasteiger partial charge < -0.3 is 15.0 Å². The van der Waals surface area contributed by atoms with Crippen LogP contribution in [0.25, 0.3) is 0 Å². The van der Waals surface area contributed by atoms with Crippen molar-refractivity contribution in [1.29, 1.82) is 0 Å². The highest BCUT2D eigenvalue weighted by Gasteiger charge is 2.26. The topological polar surface area (TPSA) is 79.0 Å². The number of benzene rings is 1. The molecule has 25 heavy (non-hydrogen) atoms. The molecule has 0 unspecified atom stereocenters. The van der Waals surface area contributed by atoms with E-state index < -0.39 is 10.0 Å². The zero-order valence-corrected chi connectivity index (χ0v) is 15.9. The van der Waals surface area contributed by atoms with Crippen molar-refractivity contribution >= 4 is 33.2 Å². The molecule has 1 fully saturated rings. The number of ether oxygens (including phenoxy) is 1. The maximum atomic E-state index is 12.4. The molecule has 1 aliphatic rings. The first-order chi connectivity index (χ1) is 12.0. The molecule has 1 heterocycles. The lowest BCUT2D eigenvalue weighted by atomic mass is 10.2. The molecule has 1 aromatic rings. The van der Waals surface area contributed by atoms with E-state index in [2.05, 4.69) is 10.2 Å². The summed E-state index contributed by atoms with van der Waals surface area (Å²) >= 11 is 5.37. The summed E-state index contributed by atoms with van der Waals surface area (Å²) in [4.78, 5) is 13.2. The van der Waals surface area contributed by atoms with Gasteiger partial charge in [0.25, 0.3) is 0 Å².